The molecule has 0 saturated heterocycles. The lowest BCUT2D eigenvalue weighted by atomic mass is 10.1. The molecule has 3 N–H and O–H groups in total. The highest BCUT2D eigenvalue weighted by Gasteiger charge is 2.11. The quantitative estimate of drug-likeness (QED) is 0.755. The molecule has 0 aliphatic carbocycles. The normalized spacial score (nSPS) is 10.1. The Kier molecular flexibility index (Phi) is 4.67. The maximum Gasteiger partial charge on any atom is 0.269 e. The van der Waals surface area contributed by atoms with Crippen molar-refractivity contribution in [3.8, 4) is 5.75 Å². The van der Waals surface area contributed by atoms with Crippen molar-refractivity contribution in [1.29, 1.82) is 0 Å². The molecular formula is C15H12F2N2O3. The predicted molar refractivity (Wildman–Crippen MR) is 73.8 cm³/mol. The number of benzene rings is 2. The Labute approximate surface area is 124 Å². The third-order valence-corrected chi connectivity index (χ3v) is 2.77. The van der Waals surface area contributed by atoms with Crippen molar-refractivity contribution in [2.75, 3.05) is 0 Å². The lowest BCUT2D eigenvalue weighted by Gasteiger charge is -2.08. The van der Waals surface area contributed by atoms with Gasteiger partial charge in [0.2, 0.25) is 5.91 Å². The summed E-state index contributed by atoms with van der Waals surface area (Å²) in [6.07, 6.45) is -0.0630. The van der Waals surface area contributed by atoms with Crippen molar-refractivity contribution in [2.45, 2.75) is 6.42 Å². The molecule has 2 aromatic carbocycles. The molecule has 2 rings (SSSR count). The zero-order valence-electron chi connectivity index (χ0n) is 11.3. The second kappa shape index (κ2) is 6.66. The SMILES string of the molecule is O=C(Cc1cccc(O)c1)NNC(=O)c1ccc(F)c(F)c1. The van der Waals surface area contributed by atoms with Gasteiger partial charge in [0.1, 0.15) is 5.75 Å². The van der Waals surface area contributed by atoms with E-state index in [0.717, 1.165) is 18.2 Å². The highest BCUT2D eigenvalue weighted by molar-refractivity contribution is 5.95. The van der Waals surface area contributed by atoms with Crippen LogP contribution in [0, 0.1) is 11.6 Å². The molecule has 7 heteroatoms. The number of halogens is 2. The van der Waals surface area contributed by atoms with Gasteiger partial charge in [0.05, 0.1) is 6.42 Å². The summed E-state index contributed by atoms with van der Waals surface area (Å²) in [6.45, 7) is 0. The molecule has 0 aliphatic heterocycles. The molecule has 0 aliphatic rings. The molecule has 0 aromatic heterocycles. The zero-order chi connectivity index (χ0) is 16.1. The van der Waals surface area contributed by atoms with Gasteiger partial charge < -0.3 is 5.11 Å². The molecular weight excluding hydrogens is 294 g/mol. The molecule has 22 heavy (non-hydrogen) atoms. The molecule has 2 amide bonds. The summed E-state index contributed by atoms with van der Waals surface area (Å²) in [4.78, 5) is 23.3. The van der Waals surface area contributed by atoms with Gasteiger partial charge in [-0.05, 0) is 35.9 Å². The van der Waals surface area contributed by atoms with Crippen LogP contribution in [0.2, 0.25) is 0 Å². The average molecular weight is 306 g/mol. The summed E-state index contributed by atoms with van der Waals surface area (Å²) >= 11 is 0. The molecule has 2 aromatic rings. The molecule has 0 fully saturated rings. The fourth-order valence-electron chi connectivity index (χ4n) is 1.73. The standard InChI is InChI=1S/C15H12F2N2O3/c16-12-5-4-10(8-13(12)17)15(22)19-18-14(21)7-9-2-1-3-11(20)6-9/h1-6,8,20H,7H2,(H,18,21)(H,19,22). The van der Waals surface area contributed by atoms with E-state index in [2.05, 4.69) is 10.9 Å². The molecule has 0 heterocycles. The first-order valence-electron chi connectivity index (χ1n) is 6.28. The van der Waals surface area contributed by atoms with Gasteiger partial charge in [0, 0.05) is 5.56 Å². The fourth-order valence-corrected chi connectivity index (χ4v) is 1.73. The highest BCUT2D eigenvalue weighted by Crippen LogP contribution is 2.11. The summed E-state index contributed by atoms with van der Waals surface area (Å²) in [7, 11) is 0. The first-order valence-corrected chi connectivity index (χ1v) is 6.28. The minimum absolute atomic E-state index is 0.0242. The maximum atomic E-state index is 13.0. The number of amides is 2. The maximum absolute atomic E-state index is 13.0. The van der Waals surface area contributed by atoms with Gasteiger partial charge in [0.25, 0.3) is 5.91 Å². The average Bonchev–Trinajstić information content (AvgIpc) is 2.47. The lowest BCUT2D eigenvalue weighted by Crippen LogP contribution is -2.42. The Morgan fingerprint density at radius 2 is 1.77 bits per heavy atom. The first-order chi connectivity index (χ1) is 10.5. The molecule has 0 atom stereocenters. The van der Waals surface area contributed by atoms with Crippen molar-refractivity contribution in [2.24, 2.45) is 0 Å². The summed E-state index contributed by atoms with van der Waals surface area (Å²) in [5, 5.41) is 9.27. The van der Waals surface area contributed by atoms with Crippen LogP contribution in [0.5, 0.6) is 5.75 Å². The van der Waals surface area contributed by atoms with Crippen LogP contribution in [-0.2, 0) is 11.2 Å². The van der Waals surface area contributed by atoms with Crippen LogP contribution in [0.15, 0.2) is 42.5 Å². The summed E-state index contributed by atoms with van der Waals surface area (Å²) in [5.41, 5.74) is 4.66. The van der Waals surface area contributed by atoms with Gasteiger partial charge >= 0.3 is 0 Å². The molecule has 114 valence electrons. The second-order valence-electron chi connectivity index (χ2n) is 4.48. The van der Waals surface area contributed by atoms with Gasteiger partial charge in [0.15, 0.2) is 11.6 Å². The van der Waals surface area contributed by atoms with E-state index in [1.54, 1.807) is 12.1 Å². The lowest BCUT2D eigenvalue weighted by molar-refractivity contribution is -0.121. The van der Waals surface area contributed by atoms with E-state index in [1.807, 2.05) is 0 Å². The van der Waals surface area contributed by atoms with Crippen LogP contribution in [-0.4, -0.2) is 16.9 Å². The number of hydrazine groups is 1. The van der Waals surface area contributed by atoms with Gasteiger partial charge in [-0.15, -0.1) is 0 Å². The molecule has 0 saturated carbocycles. The van der Waals surface area contributed by atoms with Gasteiger partial charge in [-0.3, -0.25) is 20.4 Å². The van der Waals surface area contributed by atoms with E-state index in [1.165, 1.54) is 12.1 Å². The minimum Gasteiger partial charge on any atom is -0.508 e. The topological polar surface area (TPSA) is 78.4 Å². The minimum atomic E-state index is -1.15. The van der Waals surface area contributed by atoms with E-state index in [0.29, 0.717) is 5.56 Å². The van der Waals surface area contributed by atoms with Crippen molar-refractivity contribution in [1.82, 2.24) is 10.9 Å². The third-order valence-electron chi connectivity index (χ3n) is 2.77. The Morgan fingerprint density at radius 1 is 1.00 bits per heavy atom. The van der Waals surface area contributed by atoms with E-state index in [4.69, 9.17) is 0 Å². The second-order valence-corrected chi connectivity index (χ2v) is 4.48. The summed E-state index contributed by atoms with van der Waals surface area (Å²) in [5.74, 6) is -3.50. The van der Waals surface area contributed by atoms with Crippen LogP contribution in [0.3, 0.4) is 0 Å². The third kappa shape index (κ3) is 4.02. The van der Waals surface area contributed by atoms with Crippen LogP contribution in [0.25, 0.3) is 0 Å². The largest absolute Gasteiger partial charge is 0.508 e. The number of hydrogen-bond donors (Lipinski definition) is 3. The molecule has 0 bridgehead atoms. The van der Waals surface area contributed by atoms with Crippen LogP contribution < -0.4 is 10.9 Å². The predicted octanol–water partition coefficient (Wildman–Crippen LogP) is 1.67. The smallest absolute Gasteiger partial charge is 0.269 e. The summed E-state index contributed by atoms with van der Waals surface area (Å²) in [6, 6.07) is 8.73. The van der Waals surface area contributed by atoms with Crippen LogP contribution in [0.4, 0.5) is 8.78 Å². The highest BCUT2D eigenvalue weighted by atomic mass is 19.2. The van der Waals surface area contributed by atoms with E-state index in [-0.39, 0.29) is 17.7 Å². The molecule has 0 spiro atoms. The van der Waals surface area contributed by atoms with Gasteiger partial charge in [-0.1, -0.05) is 12.1 Å². The molecule has 5 nitrogen and oxygen atoms in total. The monoisotopic (exact) mass is 306 g/mol. The number of phenols is 1. The fraction of sp³-hybridized carbons (Fsp3) is 0.0667. The van der Waals surface area contributed by atoms with Crippen molar-refractivity contribution < 1.29 is 23.5 Å². The zero-order valence-corrected chi connectivity index (χ0v) is 11.3. The Hall–Kier alpha value is -2.96. The van der Waals surface area contributed by atoms with Crippen molar-refractivity contribution in [3.05, 3.63) is 65.2 Å². The number of carbonyl (C=O) groups is 2. The summed E-state index contributed by atoms with van der Waals surface area (Å²) < 4.78 is 25.8. The first kappa shape index (κ1) is 15.4. The number of aromatic hydroxyl groups is 1. The van der Waals surface area contributed by atoms with Gasteiger partial charge in [-0.2, -0.15) is 0 Å². The molecule has 0 unspecified atom stereocenters. The van der Waals surface area contributed by atoms with Crippen LogP contribution in [0.1, 0.15) is 15.9 Å². The Bertz CT molecular complexity index is 720. The van der Waals surface area contributed by atoms with E-state index < -0.39 is 23.4 Å². The van der Waals surface area contributed by atoms with Gasteiger partial charge in [-0.25, -0.2) is 8.78 Å². The number of rotatable bonds is 3. The van der Waals surface area contributed by atoms with Crippen molar-refractivity contribution >= 4 is 11.8 Å². The Morgan fingerprint density at radius 3 is 2.45 bits per heavy atom. The number of carbonyl (C=O) groups excluding carboxylic acids is 2. The number of nitrogens with one attached hydrogen (secondary N) is 2. The van der Waals surface area contributed by atoms with E-state index in [9.17, 15) is 23.5 Å². The Balaban J connectivity index is 1.90. The number of phenolic OH excluding ortho intramolecular Hbond substituents is 1. The number of hydrogen-bond acceptors (Lipinski definition) is 3. The van der Waals surface area contributed by atoms with Crippen molar-refractivity contribution in [3.63, 3.8) is 0 Å². The van der Waals surface area contributed by atoms with Crippen LogP contribution >= 0.6 is 0 Å². The van der Waals surface area contributed by atoms with E-state index >= 15 is 0 Å². The molecule has 0 radical (unpaired) electrons.